The lowest BCUT2D eigenvalue weighted by molar-refractivity contribution is -0.235. The zero-order chi connectivity index (χ0) is 35.8. The van der Waals surface area contributed by atoms with E-state index in [0.717, 1.165) is 0 Å². The molecule has 0 aliphatic carbocycles. The van der Waals surface area contributed by atoms with Crippen molar-refractivity contribution in [1.82, 2.24) is 0 Å². The summed E-state index contributed by atoms with van der Waals surface area (Å²) in [5, 5.41) is 0. The number of hydrogen-bond donors (Lipinski definition) is 3. The molecule has 4 aliphatic heterocycles. The maximum Gasteiger partial charge on any atom is 0.472 e. The summed E-state index contributed by atoms with van der Waals surface area (Å²) in [6, 6.07) is 0. The predicted molar refractivity (Wildman–Crippen MR) is 176 cm³/mol. The minimum Gasteiger partial charge on any atom is -0.756 e. The minimum absolute atomic E-state index is 0.0271. The van der Waals surface area contributed by atoms with Crippen LogP contribution in [0.5, 0.6) is 0 Å². The van der Waals surface area contributed by atoms with E-state index in [2.05, 4.69) is 25.3 Å². The van der Waals surface area contributed by atoms with Crippen LogP contribution in [0.1, 0.15) is 40.5 Å². The lowest BCUT2D eigenvalue weighted by Gasteiger charge is -2.31. The first-order chi connectivity index (χ1) is 22.5. The molecular formula is C28H53O16P2S2-. The predicted octanol–water partition coefficient (Wildman–Crippen LogP) is 2.60. The van der Waals surface area contributed by atoms with Crippen LogP contribution in [0.3, 0.4) is 0 Å². The lowest BCUT2D eigenvalue weighted by Crippen LogP contribution is -2.35. The Morgan fingerprint density at radius 3 is 1.54 bits per heavy atom. The van der Waals surface area contributed by atoms with E-state index in [1.165, 1.54) is 21.3 Å². The number of hydrogen-bond acceptors (Lipinski definition) is 17. The standard InChI is InChI=1S/C16H31O8P.C12H23O8PS2/c1-9-11(3)23-14(15(9)20-6)8-21-25(17,18)24-16-10(2)12(4)22-13(16)7-19-5;1-15-7-3-11(22)19-9(7)5-17-21(13,14)18-6-10-8(16-2)4-12(23)20-10/h9-16H,7-8H2,1-6H3,(H,17,18);7-12,22-23H,3-6H2,1-2H3,(H,13,14)/p-1/t9?,10?,11-,12-,13+,14+,15+,16+;7-,8?,9-,10?,11+,12?/m01/s1. The van der Waals surface area contributed by atoms with Gasteiger partial charge >= 0.3 is 7.82 Å². The van der Waals surface area contributed by atoms with Crippen LogP contribution in [0.2, 0.25) is 0 Å². The van der Waals surface area contributed by atoms with E-state index in [9.17, 15) is 18.9 Å². The number of thiol groups is 2. The Balaban J connectivity index is 0.000000261. The maximum absolute atomic E-state index is 12.3. The van der Waals surface area contributed by atoms with Crippen molar-refractivity contribution < 1.29 is 74.9 Å². The number of phosphoric ester groups is 2. The Kier molecular flexibility index (Phi) is 17.6. The number of phosphoric acid groups is 2. The van der Waals surface area contributed by atoms with Gasteiger partial charge in [-0.1, -0.05) is 13.8 Å². The second-order valence-corrected chi connectivity index (χ2v) is 16.3. The van der Waals surface area contributed by atoms with E-state index in [0.29, 0.717) is 12.8 Å². The molecule has 4 fully saturated rings. The van der Waals surface area contributed by atoms with E-state index >= 15 is 0 Å². The average Bonchev–Trinajstić information content (AvgIpc) is 3.74. The fourth-order valence-electron chi connectivity index (χ4n) is 6.03. The normalized spacial score (nSPS) is 42.3. The highest BCUT2D eigenvalue weighted by molar-refractivity contribution is 7.80. The van der Waals surface area contributed by atoms with Crippen LogP contribution in [-0.2, 0) is 65.1 Å². The second-order valence-electron chi connectivity index (χ2n) is 12.3. The van der Waals surface area contributed by atoms with Crippen molar-refractivity contribution >= 4 is 40.9 Å². The quantitative estimate of drug-likeness (QED) is 0.153. The number of ether oxygens (including phenoxy) is 8. The first kappa shape index (κ1) is 43.0. The Labute approximate surface area is 294 Å². The molecule has 7 unspecified atom stereocenters. The fraction of sp³-hybridized carbons (Fsp3) is 1.00. The number of rotatable bonds is 16. The molecule has 0 radical (unpaired) electrons. The topological polar surface area (TPSA) is 188 Å². The molecule has 0 amide bonds. The van der Waals surface area contributed by atoms with Crippen molar-refractivity contribution in [2.75, 3.05) is 54.9 Å². The highest BCUT2D eigenvalue weighted by Crippen LogP contribution is 2.47. The molecule has 0 saturated carbocycles. The van der Waals surface area contributed by atoms with Gasteiger partial charge < -0.3 is 56.7 Å². The summed E-state index contributed by atoms with van der Waals surface area (Å²) >= 11 is 8.40. The molecule has 0 spiro atoms. The van der Waals surface area contributed by atoms with Crippen molar-refractivity contribution in [2.45, 2.75) is 112 Å². The summed E-state index contributed by atoms with van der Waals surface area (Å²) in [6.07, 6.45) is -2.16. The zero-order valence-electron chi connectivity index (χ0n) is 28.7. The van der Waals surface area contributed by atoms with Gasteiger partial charge in [-0.3, -0.25) is 13.6 Å². The smallest absolute Gasteiger partial charge is 0.472 e. The van der Waals surface area contributed by atoms with Crippen LogP contribution < -0.4 is 4.89 Å². The molecule has 4 saturated heterocycles. The first-order valence-corrected chi connectivity index (χ1v) is 19.8. The third kappa shape index (κ3) is 12.3. The van der Waals surface area contributed by atoms with Gasteiger partial charge in [-0.25, -0.2) is 4.57 Å². The van der Waals surface area contributed by atoms with E-state index < -0.39 is 46.2 Å². The maximum atomic E-state index is 12.3. The van der Waals surface area contributed by atoms with Gasteiger partial charge in [0.05, 0.1) is 63.1 Å². The summed E-state index contributed by atoms with van der Waals surface area (Å²) in [6.45, 7) is 7.56. The van der Waals surface area contributed by atoms with E-state index in [1.807, 2.05) is 27.7 Å². The summed E-state index contributed by atoms with van der Waals surface area (Å²) in [5.74, 6) is 0.0567. The van der Waals surface area contributed by atoms with Gasteiger partial charge in [0.2, 0.25) is 0 Å². The molecule has 1 N–H and O–H groups in total. The van der Waals surface area contributed by atoms with Gasteiger partial charge in [-0.2, -0.15) is 0 Å². The molecule has 0 aromatic carbocycles. The Hall–Kier alpha value is 0.600. The molecule has 0 aromatic heterocycles. The summed E-state index contributed by atoms with van der Waals surface area (Å²) in [4.78, 5) is 22.1. The van der Waals surface area contributed by atoms with Gasteiger partial charge in [0, 0.05) is 53.1 Å². The molecule has 4 heterocycles. The van der Waals surface area contributed by atoms with Gasteiger partial charge in [0.1, 0.15) is 35.3 Å². The van der Waals surface area contributed by atoms with Crippen molar-refractivity contribution in [3.05, 3.63) is 0 Å². The molecule has 20 heteroatoms. The van der Waals surface area contributed by atoms with E-state index in [1.54, 1.807) is 7.11 Å². The highest BCUT2D eigenvalue weighted by Gasteiger charge is 2.44. The van der Waals surface area contributed by atoms with Crippen LogP contribution in [0.15, 0.2) is 0 Å². The Morgan fingerprint density at radius 2 is 1.10 bits per heavy atom. The zero-order valence-corrected chi connectivity index (χ0v) is 32.3. The van der Waals surface area contributed by atoms with Crippen molar-refractivity contribution in [2.24, 2.45) is 11.8 Å². The largest absolute Gasteiger partial charge is 0.756 e. The molecule has 4 rings (SSSR count). The van der Waals surface area contributed by atoms with Crippen LogP contribution in [-0.4, -0.2) is 132 Å². The first-order valence-electron chi connectivity index (χ1n) is 15.9. The summed E-state index contributed by atoms with van der Waals surface area (Å²) < 4.78 is 87.9. The van der Waals surface area contributed by atoms with Crippen LogP contribution in [0, 0.1) is 11.8 Å². The van der Waals surface area contributed by atoms with Gasteiger partial charge in [0.15, 0.2) is 0 Å². The van der Waals surface area contributed by atoms with E-state index in [4.69, 9.17) is 56.0 Å². The summed E-state index contributed by atoms with van der Waals surface area (Å²) in [7, 11) is -2.55. The molecule has 0 bridgehead atoms. The average molecular weight is 772 g/mol. The van der Waals surface area contributed by atoms with Crippen molar-refractivity contribution in [1.29, 1.82) is 0 Å². The van der Waals surface area contributed by atoms with Crippen LogP contribution >= 0.6 is 40.9 Å². The molecular weight excluding hydrogens is 718 g/mol. The molecule has 284 valence electrons. The van der Waals surface area contributed by atoms with Gasteiger partial charge in [-0.05, 0) is 13.8 Å². The van der Waals surface area contributed by atoms with Crippen LogP contribution in [0.25, 0.3) is 0 Å². The Bertz CT molecular complexity index is 1030. The highest BCUT2D eigenvalue weighted by atomic mass is 32.1. The third-order valence-electron chi connectivity index (χ3n) is 9.05. The second kappa shape index (κ2) is 19.6. The van der Waals surface area contributed by atoms with Gasteiger partial charge in [0.25, 0.3) is 7.82 Å². The monoisotopic (exact) mass is 771 g/mol. The van der Waals surface area contributed by atoms with Gasteiger partial charge in [-0.15, -0.1) is 25.3 Å². The lowest BCUT2D eigenvalue weighted by atomic mass is 9.99. The fourth-order valence-corrected chi connectivity index (χ4v) is 8.51. The van der Waals surface area contributed by atoms with Crippen molar-refractivity contribution in [3.63, 3.8) is 0 Å². The summed E-state index contributed by atoms with van der Waals surface area (Å²) in [5.41, 5.74) is -0.566. The van der Waals surface area contributed by atoms with E-state index in [-0.39, 0.29) is 79.7 Å². The third-order valence-corrected chi connectivity index (χ3v) is 11.6. The van der Waals surface area contributed by atoms with Crippen LogP contribution in [0.4, 0.5) is 0 Å². The molecule has 0 aromatic rings. The molecule has 48 heavy (non-hydrogen) atoms. The molecule has 4 aliphatic rings. The molecule has 16 nitrogen and oxygen atoms in total. The molecule has 16 atom stereocenters. The van der Waals surface area contributed by atoms with Crippen molar-refractivity contribution in [3.8, 4) is 0 Å². The minimum atomic E-state index is -4.52. The Morgan fingerprint density at radius 1 is 0.667 bits per heavy atom. The SMILES string of the molecule is COC1CC(S)OC1COP(=O)(O)OC[C@H]1O[C@@H](S)C[C@H]1OC.COC[C@H]1O[C@@H](C)C(C)[C@H]1OP(=O)([O-])OC[C@H]1O[C@@H](C)C(C)[C@H]1OC. The number of methoxy groups -OCH3 is 4.